The van der Waals surface area contributed by atoms with Crippen LogP contribution in [0.3, 0.4) is 0 Å². The largest absolute Gasteiger partial charge is 0.378 e. The zero-order chi connectivity index (χ0) is 19.2. The molecule has 0 bridgehead atoms. The van der Waals surface area contributed by atoms with Gasteiger partial charge in [0.05, 0.1) is 13.2 Å². The number of benzene rings is 1. The van der Waals surface area contributed by atoms with Crippen LogP contribution in [0.5, 0.6) is 0 Å². The van der Waals surface area contributed by atoms with Crippen molar-refractivity contribution in [3.05, 3.63) is 59.8 Å². The van der Waals surface area contributed by atoms with E-state index in [1.807, 2.05) is 29.3 Å². The Kier molecular flexibility index (Phi) is 6.07. The van der Waals surface area contributed by atoms with E-state index in [1.54, 1.807) is 0 Å². The minimum Gasteiger partial charge on any atom is -0.378 e. The summed E-state index contributed by atoms with van der Waals surface area (Å²) in [5.41, 5.74) is 2.34. The van der Waals surface area contributed by atoms with Crippen molar-refractivity contribution in [2.75, 3.05) is 37.7 Å². The van der Waals surface area contributed by atoms with Crippen molar-refractivity contribution in [1.29, 1.82) is 0 Å². The first-order chi connectivity index (χ1) is 13.8. The van der Waals surface area contributed by atoms with E-state index in [4.69, 9.17) is 4.74 Å². The quantitative estimate of drug-likeness (QED) is 0.867. The number of urea groups is 1. The van der Waals surface area contributed by atoms with Crippen molar-refractivity contribution >= 4 is 11.8 Å². The van der Waals surface area contributed by atoms with E-state index >= 15 is 0 Å². The number of anilines is 1. The molecule has 2 aromatic rings. The fourth-order valence-corrected chi connectivity index (χ4v) is 4.10. The van der Waals surface area contributed by atoms with E-state index in [1.165, 1.54) is 5.56 Å². The van der Waals surface area contributed by atoms with Gasteiger partial charge in [-0.2, -0.15) is 0 Å². The number of likely N-dealkylation sites (tertiary alicyclic amines) is 1. The molecule has 1 unspecified atom stereocenters. The molecule has 1 atom stereocenters. The average molecular weight is 380 g/mol. The maximum absolute atomic E-state index is 12.9. The first-order valence-electron chi connectivity index (χ1n) is 10.2. The van der Waals surface area contributed by atoms with E-state index in [-0.39, 0.29) is 12.1 Å². The van der Waals surface area contributed by atoms with Gasteiger partial charge in [0.25, 0.3) is 0 Å². The van der Waals surface area contributed by atoms with Crippen LogP contribution in [-0.4, -0.2) is 54.8 Å². The second-order valence-corrected chi connectivity index (χ2v) is 7.42. The number of nitrogens with one attached hydrogen (secondary N) is 1. The van der Waals surface area contributed by atoms with E-state index in [0.29, 0.717) is 6.54 Å². The van der Waals surface area contributed by atoms with Crippen LogP contribution >= 0.6 is 0 Å². The van der Waals surface area contributed by atoms with Gasteiger partial charge in [0.1, 0.15) is 5.82 Å². The van der Waals surface area contributed by atoms with Gasteiger partial charge in [-0.1, -0.05) is 36.4 Å². The number of carbonyl (C=O) groups excluding carboxylic acids is 1. The van der Waals surface area contributed by atoms with E-state index in [9.17, 15) is 4.79 Å². The van der Waals surface area contributed by atoms with Gasteiger partial charge in [-0.3, -0.25) is 0 Å². The monoisotopic (exact) mass is 380 g/mol. The Balaban J connectivity index is 1.37. The van der Waals surface area contributed by atoms with Crippen molar-refractivity contribution in [2.24, 2.45) is 0 Å². The molecule has 6 heteroatoms. The lowest BCUT2D eigenvalue weighted by atomic mass is 10.0. The number of hydrogen-bond acceptors (Lipinski definition) is 4. The Bertz CT molecular complexity index is 777. The van der Waals surface area contributed by atoms with Crippen LogP contribution in [0.15, 0.2) is 48.7 Å². The first-order valence-corrected chi connectivity index (χ1v) is 10.2. The van der Waals surface area contributed by atoms with E-state index in [2.05, 4.69) is 39.5 Å². The molecule has 148 valence electrons. The van der Waals surface area contributed by atoms with Crippen LogP contribution in [0.4, 0.5) is 10.6 Å². The minimum absolute atomic E-state index is 0.0233. The number of morpholine rings is 1. The van der Waals surface area contributed by atoms with Crippen LogP contribution in [0.1, 0.15) is 24.0 Å². The number of rotatable bonds is 5. The standard InChI is InChI=1S/C22H28N4O2/c27-22(26-11-5-9-20(26)16-18-6-2-1-3-7-18)24-17-19-8-4-10-23-21(19)25-12-14-28-15-13-25/h1-4,6-8,10,20H,5,9,11-17H2,(H,24,27). The summed E-state index contributed by atoms with van der Waals surface area (Å²) in [7, 11) is 0. The second-order valence-electron chi connectivity index (χ2n) is 7.42. The normalized spacial score (nSPS) is 19.6. The van der Waals surface area contributed by atoms with Gasteiger partial charge < -0.3 is 19.9 Å². The van der Waals surface area contributed by atoms with Crippen molar-refractivity contribution in [3.8, 4) is 0 Å². The maximum atomic E-state index is 12.9. The fraction of sp³-hybridized carbons (Fsp3) is 0.455. The highest BCUT2D eigenvalue weighted by Crippen LogP contribution is 2.22. The lowest BCUT2D eigenvalue weighted by Crippen LogP contribution is -2.43. The molecule has 6 nitrogen and oxygen atoms in total. The molecule has 1 aromatic heterocycles. The Labute approximate surface area is 166 Å². The summed E-state index contributed by atoms with van der Waals surface area (Å²) in [6.45, 7) is 4.43. The summed E-state index contributed by atoms with van der Waals surface area (Å²) in [6.07, 6.45) is 4.86. The third-order valence-corrected chi connectivity index (χ3v) is 5.56. The zero-order valence-electron chi connectivity index (χ0n) is 16.2. The average Bonchev–Trinajstić information content (AvgIpc) is 3.22. The van der Waals surface area contributed by atoms with Gasteiger partial charge in [0.2, 0.25) is 0 Å². The van der Waals surface area contributed by atoms with E-state index in [0.717, 1.165) is 63.5 Å². The lowest BCUT2D eigenvalue weighted by Gasteiger charge is -2.30. The van der Waals surface area contributed by atoms with Crippen LogP contribution in [0, 0.1) is 0 Å². The van der Waals surface area contributed by atoms with Gasteiger partial charge in [0, 0.05) is 44.0 Å². The lowest BCUT2D eigenvalue weighted by molar-refractivity contribution is 0.122. The highest BCUT2D eigenvalue weighted by Gasteiger charge is 2.28. The first kappa shape index (κ1) is 18.7. The molecule has 28 heavy (non-hydrogen) atoms. The Morgan fingerprint density at radius 1 is 1.11 bits per heavy atom. The Hall–Kier alpha value is -2.60. The summed E-state index contributed by atoms with van der Waals surface area (Å²) in [5.74, 6) is 0.952. The van der Waals surface area contributed by atoms with Gasteiger partial charge >= 0.3 is 6.03 Å². The molecular weight excluding hydrogens is 352 g/mol. The molecule has 2 saturated heterocycles. The van der Waals surface area contributed by atoms with Crippen LogP contribution in [-0.2, 0) is 17.7 Å². The Morgan fingerprint density at radius 2 is 1.93 bits per heavy atom. The molecule has 3 heterocycles. The Morgan fingerprint density at radius 3 is 2.75 bits per heavy atom. The number of hydrogen-bond donors (Lipinski definition) is 1. The number of carbonyl (C=O) groups is 1. The number of pyridine rings is 1. The van der Waals surface area contributed by atoms with E-state index < -0.39 is 0 Å². The zero-order valence-corrected chi connectivity index (χ0v) is 16.2. The van der Waals surface area contributed by atoms with Crippen LogP contribution in [0.2, 0.25) is 0 Å². The minimum atomic E-state index is 0.0233. The molecule has 1 N–H and O–H groups in total. The molecule has 2 aliphatic rings. The third-order valence-electron chi connectivity index (χ3n) is 5.56. The predicted molar refractivity (Wildman–Crippen MR) is 109 cm³/mol. The summed E-state index contributed by atoms with van der Waals surface area (Å²) >= 11 is 0. The van der Waals surface area contributed by atoms with Crippen molar-refractivity contribution < 1.29 is 9.53 Å². The molecule has 0 radical (unpaired) electrons. The van der Waals surface area contributed by atoms with Gasteiger partial charge in [-0.05, 0) is 30.9 Å². The molecule has 2 amide bonds. The topological polar surface area (TPSA) is 57.7 Å². The van der Waals surface area contributed by atoms with Gasteiger partial charge in [-0.25, -0.2) is 9.78 Å². The molecule has 0 saturated carbocycles. The molecule has 2 fully saturated rings. The molecule has 1 aromatic carbocycles. The molecule has 0 aliphatic carbocycles. The van der Waals surface area contributed by atoms with Crippen LogP contribution < -0.4 is 10.2 Å². The number of ether oxygens (including phenoxy) is 1. The number of nitrogens with zero attached hydrogens (tertiary/aromatic N) is 3. The second kappa shape index (κ2) is 9.06. The van der Waals surface area contributed by atoms with Crippen molar-refractivity contribution in [3.63, 3.8) is 0 Å². The van der Waals surface area contributed by atoms with Gasteiger partial charge in [-0.15, -0.1) is 0 Å². The number of aromatic nitrogens is 1. The smallest absolute Gasteiger partial charge is 0.317 e. The molecule has 0 spiro atoms. The summed E-state index contributed by atoms with van der Waals surface area (Å²) < 4.78 is 5.44. The highest BCUT2D eigenvalue weighted by atomic mass is 16.5. The summed E-state index contributed by atoms with van der Waals surface area (Å²) in [4.78, 5) is 21.7. The van der Waals surface area contributed by atoms with Crippen molar-refractivity contribution in [2.45, 2.75) is 31.8 Å². The maximum Gasteiger partial charge on any atom is 0.317 e. The van der Waals surface area contributed by atoms with Crippen LogP contribution in [0.25, 0.3) is 0 Å². The SMILES string of the molecule is O=C(NCc1cccnc1N1CCOCC1)N1CCCC1Cc1ccccc1. The summed E-state index contributed by atoms with van der Waals surface area (Å²) in [6, 6.07) is 14.7. The molecule has 2 aliphatic heterocycles. The van der Waals surface area contributed by atoms with Crippen molar-refractivity contribution in [1.82, 2.24) is 15.2 Å². The fourth-order valence-electron chi connectivity index (χ4n) is 4.10. The predicted octanol–water partition coefficient (Wildman–Crippen LogP) is 2.83. The molecular formula is C22H28N4O2. The number of amides is 2. The molecule has 4 rings (SSSR count). The van der Waals surface area contributed by atoms with Gasteiger partial charge in [0.15, 0.2) is 0 Å². The summed E-state index contributed by atoms with van der Waals surface area (Å²) in [5, 5.41) is 3.13. The third kappa shape index (κ3) is 4.44. The highest BCUT2D eigenvalue weighted by molar-refractivity contribution is 5.75.